The largest absolute Gasteiger partial charge is 0.170 e. The van der Waals surface area contributed by atoms with Crippen LogP contribution in [0, 0.1) is 35.5 Å². The summed E-state index contributed by atoms with van der Waals surface area (Å²) in [5.41, 5.74) is 9.16. The zero-order valence-corrected chi connectivity index (χ0v) is 16.8. The third-order valence-corrected chi connectivity index (χ3v) is 8.29. The molecule has 2 fully saturated rings. The average Bonchev–Trinajstić information content (AvgIpc) is 3.40. The Labute approximate surface area is 158 Å². The van der Waals surface area contributed by atoms with Crippen LogP contribution >= 0.6 is 11.1 Å². The van der Waals surface area contributed by atoms with Crippen LogP contribution in [0.25, 0.3) is 0 Å². The van der Waals surface area contributed by atoms with Gasteiger partial charge in [-0.05, 0) is 42.2 Å². The lowest BCUT2D eigenvalue weighted by molar-refractivity contribution is 0.601. The molecule has 0 aromatic carbocycles. The average molecular weight is 365 g/mol. The third-order valence-electron chi connectivity index (χ3n) is 6.39. The second-order valence-corrected chi connectivity index (χ2v) is 9.67. The summed E-state index contributed by atoms with van der Waals surface area (Å²) in [6.07, 6.45) is 20.0. The predicted molar refractivity (Wildman–Crippen MR) is 110 cm³/mol. The van der Waals surface area contributed by atoms with Crippen LogP contribution in [0.2, 0.25) is 0 Å². The highest BCUT2D eigenvalue weighted by molar-refractivity contribution is 6.97. The first-order valence-electron chi connectivity index (χ1n) is 9.33. The van der Waals surface area contributed by atoms with E-state index in [0.717, 1.165) is 6.42 Å². The van der Waals surface area contributed by atoms with Crippen molar-refractivity contribution in [2.45, 2.75) is 19.3 Å². The lowest BCUT2D eigenvalue weighted by Crippen LogP contribution is -2.09. The van der Waals surface area contributed by atoms with Crippen LogP contribution in [0.15, 0.2) is 83.5 Å². The van der Waals surface area contributed by atoms with Crippen LogP contribution in [-0.4, -0.2) is 8.83 Å². The maximum absolute atomic E-state index is 6.39. The van der Waals surface area contributed by atoms with E-state index in [9.17, 15) is 0 Å². The number of fused-ring (bicyclic) bond motifs is 4. The quantitative estimate of drug-likeness (QED) is 0.272. The number of hydrogen-bond donors (Lipinski definition) is 0. The van der Waals surface area contributed by atoms with Gasteiger partial charge in [0.05, 0.1) is 0 Å². The van der Waals surface area contributed by atoms with Crippen molar-refractivity contribution in [2.24, 2.45) is 35.5 Å². The first-order valence-corrected chi connectivity index (χ1v) is 12.2. The molecule has 0 N–H and O–H groups in total. The Morgan fingerprint density at radius 1 is 1.04 bits per heavy atom. The monoisotopic (exact) mass is 364 g/mol. The SMILES string of the molecule is C=C=C1C2C=CC(C2)C1C=CCC(=CC1C(=C=C)C2C=CC1C2)[SiH2]Cl. The van der Waals surface area contributed by atoms with Crippen LogP contribution in [-0.2, 0) is 0 Å². The van der Waals surface area contributed by atoms with E-state index in [4.69, 9.17) is 11.1 Å². The highest BCUT2D eigenvalue weighted by atomic mass is 35.6. The van der Waals surface area contributed by atoms with Crippen molar-refractivity contribution in [1.82, 2.24) is 0 Å². The molecule has 0 aromatic heterocycles. The zero-order chi connectivity index (χ0) is 17.4. The molecule has 4 aliphatic rings. The van der Waals surface area contributed by atoms with Crippen LogP contribution in [0.5, 0.6) is 0 Å². The highest BCUT2D eigenvalue weighted by Crippen LogP contribution is 2.49. The fraction of sp³-hybridized carbons (Fsp3) is 0.391. The molecule has 2 saturated carbocycles. The molecule has 25 heavy (non-hydrogen) atoms. The Morgan fingerprint density at radius 2 is 1.64 bits per heavy atom. The number of halogens is 1. The molecule has 0 saturated heterocycles. The maximum atomic E-state index is 6.39. The second kappa shape index (κ2) is 7.02. The maximum Gasteiger partial charge on any atom is 0.151 e. The van der Waals surface area contributed by atoms with E-state index < -0.39 is 8.83 Å². The molecule has 2 heteroatoms. The third kappa shape index (κ3) is 2.96. The fourth-order valence-corrected chi connectivity index (χ4v) is 6.36. The van der Waals surface area contributed by atoms with E-state index in [1.807, 2.05) is 0 Å². The van der Waals surface area contributed by atoms with Crippen LogP contribution in [0.4, 0.5) is 0 Å². The minimum atomic E-state index is -0.673. The van der Waals surface area contributed by atoms with Gasteiger partial charge in [-0.2, -0.15) is 11.1 Å². The highest BCUT2D eigenvalue weighted by Gasteiger charge is 2.39. The minimum absolute atomic E-state index is 0.483. The van der Waals surface area contributed by atoms with E-state index >= 15 is 0 Å². The smallest absolute Gasteiger partial charge is 0.151 e. The molecule has 0 heterocycles. The summed E-state index contributed by atoms with van der Waals surface area (Å²) in [5, 5.41) is 1.44. The Bertz CT molecular complexity index is 783. The Balaban J connectivity index is 1.46. The molecule has 0 radical (unpaired) electrons. The van der Waals surface area contributed by atoms with Gasteiger partial charge < -0.3 is 0 Å². The molecule has 6 atom stereocenters. The van der Waals surface area contributed by atoms with Gasteiger partial charge in [0.1, 0.15) is 0 Å². The summed E-state index contributed by atoms with van der Waals surface area (Å²) in [6.45, 7) is 7.82. The van der Waals surface area contributed by atoms with Gasteiger partial charge in [-0.1, -0.05) is 60.9 Å². The van der Waals surface area contributed by atoms with Crippen molar-refractivity contribution in [3.05, 3.63) is 83.5 Å². The van der Waals surface area contributed by atoms with Crippen molar-refractivity contribution < 1.29 is 0 Å². The van der Waals surface area contributed by atoms with Crippen molar-refractivity contribution in [1.29, 1.82) is 0 Å². The molecule has 0 amide bonds. The second-order valence-electron chi connectivity index (χ2n) is 7.69. The standard InChI is InChI=1S/C23H25ClSi/c1-3-20-15-8-10-17(12-15)22(20)7-5-6-19(25-24)14-23-18-11-9-16(13-18)21(23)4-2/h5,7-11,14-18,22-23H,1-2,6,12-13,25H2. The molecule has 0 spiro atoms. The molecule has 6 unspecified atom stereocenters. The topological polar surface area (TPSA) is 0 Å². The van der Waals surface area contributed by atoms with Gasteiger partial charge in [-0.15, -0.1) is 11.5 Å². The van der Waals surface area contributed by atoms with Crippen molar-refractivity contribution >= 4 is 19.9 Å². The normalized spacial score (nSPS) is 38.7. The van der Waals surface area contributed by atoms with Gasteiger partial charge in [0.25, 0.3) is 0 Å². The molecule has 0 aliphatic heterocycles. The summed E-state index contributed by atoms with van der Waals surface area (Å²) in [7, 11) is -0.673. The van der Waals surface area contributed by atoms with E-state index in [1.165, 1.54) is 29.2 Å². The van der Waals surface area contributed by atoms with Gasteiger partial charge in [0.15, 0.2) is 8.83 Å². The van der Waals surface area contributed by atoms with E-state index in [-0.39, 0.29) is 0 Å². The van der Waals surface area contributed by atoms with Gasteiger partial charge in [0, 0.05) is 23.7 Å². The zero-order valence-electron chi connectivity index (χ0n) is 14.6. The van der Waals surface area contributed by atoms with Crippen molar-refractivity contribution in [2.75, 3.05) is 0 Å². The van der Waals surface area contributed by atoms with Gasteiger partial charge in [0.2, 0.25) is 0 Å². The summed E-state index contributed by atoms with van der Waals surface area (Å²) in [6, 6.07) is 0. The molecular weight excluding hydrogens is 340 g/mol. The lowest BCUT2D eigenvalue weighted by atomic mass is 9.88. The predicted octanol–water partition coefficient (Wildman–Crippen LogP) is 5.21. The summed E-state index contributed by atoms with van der Waals surface area (Å²) < 4.78 is 0. The molecule has 4 rings (SSSR count). The van der Waals surface area contributed by atoms with Gasteiger partial charge in [-0.3, -0.25) is 0 Å². The summed E-state index contributed by atoms with van der Waals surface area (Å²) in [4.78, 5) is 0. The number of hydrogen-bond acceptors (Lipinski definition) is 0. The molecule has 0 nitrogen and oxygen atoms in total. The van der Waals surface area contributed by atoms with Crippen LogP contribution < -0.4 is 0 Å². The Hall–Kier alpha value is -1.49. The van der Waals surface area contributed by atoms with E-state index in [2.05, 4.69) is 67.2 Å². The van der Waals surface area contributed by atoms with E-state index in [1.54, 1.807) is 0 Å². The molecular formula is C23H25ClSi. The molecule has 4 bridgehead atoms. The summed E-state index contributed by atoms with van der Waals surface area (Å²) in [5.74, 6) is 3.42. The Morgan fingerprint density at radius 3 is 2.24 bits per heavy atom. The molecule has 4 aliphatic carbocycles. The molecule has 0 aromatic rings. The Kier molecular flexibility index (Phi) is 4.76. The van der Waals surface area contributed by atoms with Crippen molar-refractivity contribution in [3.8, 4) is 0 Å². The van der Waals surface area contributed by atoms with Crippen molar-refractivity contribution in [3.63, 3.8) is 0 Å². The number of allylic oxidation sites excluding steroid dienone is 10. The lowest BCUT2D eigenvalue weighted by Gasteiger charge is -2.18. The van der Waals surface area contributed by atoms with Crippen LogP contribution in [0.1, 0.15) is 19.3 Å². The van der Waals surface area contributed by atoms with Crippen LogP contribution in [0.3, 0.4) is 0 Å². The fourth-order valence-electron chi connectivity index (χ4n) is 5.15. The first-order chi connectivity index (χ1) is 12.2. The van der Waals surface area contributed by atoms with Gasteiger partial charge >= 0.3 is 0 Å². The van der Waals surface area contributed by atoms with Gasteiger partial charge in [-0.25, -0.2) is 0 Å². The minimum Gasteiger partial charge on any atom is -0.170 e. The van der Waals surface area contributed by atoms with E-state index in [0.29, 0.717) is 35.5 Å². The summed E-state index contributed by atoms with van der Waals surface area (Å²) >= 11 is 6.39. The number of rotatable bonds is 5. The first kappa shape index (κ1) is 16.9. The molecule has 128 valence electrons.